The van der Waals surface area contributed by atoms with Gasteiger partial charge in [0.05, 0.1) is 17.6 Å². The number of nitrogens with one attached hydrogen (secondary N) is 1. The van der Waals surface area contributed by atoms with Gasteiger partial charge < -0.3 is 9.88 Å². The fourth-order valence-electron chi connectivity index (χ4n) is 2.04. The van der Waals surface area contributed by atoms with E-state index in [4.69, 9.17) is 0 Å². The topological polar surface area (TPSA) is 52.2 Å². The Labute approximate surface area is 107 Å². The zero-order valence-electron chi connectivity index (χ0n) is 10.4. The maximum Gasteiger partial charge on any atom is 0.255 e. The molecule has 0 atom stereocenters. The number of aromatic nitrogens is 2. The number of amides is 1. The molecule has 1 aliphatic heterocycles. The van der Waals surface area contributed by atoms with E-state index in [9.17, 15) is 4.79 Å². The highest BCUT2D eigenvalue weighted by atomic mass is 16.2. The fraction of sp³-hybridized carbons (Fsp3) is 0.385. The van der Waals surface area contributed by atoms with Gasteiger partial charge in [-0.25, -0.2) is 4.98 Å². The summed E-state index contributed by atoms with van der Waals surface area (Å²) in [6, 6.07) is 0. The molecule has 0 bridgehead atoms. The van der Waals surface area contributed by atoms with Gasteiger partial charge in [0, 0.05) is 38.9 Å². The molecule has 5 heteroatoms. The van der Waals surface area contributed by atoms with Gasteiger partial charge in [-0.05, 0) is 0 Å². The molecule has 0 aromatic carbocycles. The minimum Gasteiger partial charge on any atom is -0.351 e. The number of nitrogens with zero attached hydrogens (tertiary/aromatic N) is 3. The average Bonchev–Trinajstić information content (AvgIpc) is 2.92. The second kappa shape index (κ2) is 5.64. The summed E-state index contributed by atoms with van der Waals surface area (Å²) in [6.07, 6.45) is 5.13. The molecule has 2 rings (SSSR count). The number of piperazine rings is 1. The standard InChI is InChI=1S/C13H18N4O/c1-3-4-16-5-7-17(8-6-16)13(18)11(2)12-9-14-10-15-12/h3,9-10H,1-2,4-8H2,(H,14,15). The number of rotatable bonds is 4. The maximum absolute atomic E-state index is 12.2. The third kappa shape index (κ3) is 2.68. The minimum atomic E-state index is -0.0275. The molecule has 2 heterocycles. The molecule has 96 valence electrons. The van der Waals surface area contributed by atoms with E-state index in [2.05, 4.69) is 28.0 Å². The second-order valence-electron chi connectivity index (χ2n) is 4.31. The minimum absolute atomic E-state index is 0.0275. The van der Waals surface area contributed by atoms with Crippen LogP contribution in [-0.2, 0) is 4.79 Å². The Morgan fingerprint density at radius 3 is 2.72 bits per heavy atom. The maximum atomic E-state index is 12.2. The van der Waals surface area contributed by atoms with Gasteiger partial charge in [-0.2, -0.15) is 0 Å². The molecular weight excluding hydrogens is 228 g/mol. The first-order chi connectivity index (χ1) is 8.72. The van der Waals surface area contributed by atoms with Crippen LogP contribution in [0.3, 0.4) is 0 Å². The van der Waals surface area contributed by atoms with Crippen molar-refractivity contribution in [1.29, 1.82) is 0 Å². The summed E-state index contributed by atoms with van der Waals surface area (Å²) in [6.45, 7) is 11.6. The highest BCUT2D eigenvalue weighted by molar-refractivity contribution is 6.18. The van der Waals surface area contributed by atoms with Crippen LogP contribution >= 0.6 is 0 Å². The molecule has 1 N–H and O–H groups in total. The summed E-state index contributed by atoms with van der Waals surface area (Å²) >= 11 is 0. The summed E-state index contributed by atoms with van der Waals surface area (Å²) in [5.41, 5.74) is 1.07. The molecule has 1 aromatic rings. The largest absolute Gasteiger partial charge is 0.351 e. The molecule has 0 saturated carbocycles. The van der Waals surface area contributed by atoms with Crippen molar-refractivity contribution in [2.24, 2.45) is 0 Å². The van der Waals surface area contributed by atoms with Crippen molar-refractivity contribution < 1.29 is 4.79 Å². The van der Waals surface area contributed by atoms with Crippen molar-refractivity contribution in [3.63, 3.8) is 0 Å². The van der Waals surface area contributed by atoms with Crippen molar-refractivity contribution >= 4 is 11.5 Å². The molecule has 0 radical (unpaired) electrons. The van der Waals surface area contributed by atoms with E-state index in [0.717, 1.165) is 32.7 Å². The normalized spacial score (nSPS) is 16.6. The van der Waals surface area contributed by atoms with Gasteiger partial charge in [0.2, 0.25) is 0 Å². The van der Waals surface area contributed by atoms with Crippen LogP contribution in [0.5, 0.6) is 0 Å². The number of hydrogen-bond acceptors (Lipinski definition) is 3. The zero-order chi connectivity index (χ0) is 13.0. The lowest BCUT2D eigenvalue weighted by Gasteiger charge is -2.34. The Balaban J connectivity index is 1.91. The van der Waals surface area contributed by atoms with E-state index >= 15 is 0 Å². The van der Waals surface area contributed by atoms with E-state index in [-0.39, 0.29) is 5.91 Å². The first-order valence-electron chi connectivity index (χ1n) is 6.03. The van der Waals surface area contributed by atoms with Gasteiger partial charge >= 0.3 is 0 Å². The van der Waals surface area contributed by atoms with Crippen molar-refractivity contribution in [2.45, 2.75) is 0 Å². The van der Waals surface area contributed by atoms with E-state index in [1.54, 1.807) is 12.5 Å². The third-order valence-electron chi connectivity index (χ3n) is 3.11. The van der Waals surface area contributed by atoms with Gasteiger partial charge in [0.15, 0.2) is 0 Å². The molecule has 18 heavy (non-hydrogen) atoms. The lowest BCUT2D eigenvalue weighted by molar-refractivity contribution is -0.126. The Bertz CT molecular complexity index is 430. The third-order valence-corrected chi connectivity index (χ3v) is 3.11. The lowest BCUT2D eigenvalue weighted by Crippen LogP contribution is -2.48. The molecule has 0 aliphatic carbocycles. The van der Waals surface area contributed by atoms with Crippen LogP contribution in [-0.4, -0.2) is 58.4 Å². The number of hydrogen-bond donors (Lipinski definition) is 1. The summed E-state index contributed by atoms with van der Waals surface area (Å²) < 4.78 is 0. The molecule has 1 amide bonds. The summed E-state index contributed by atoms with van der Waals surface area (Å²) in [5.74, 6) is -0.0275. The van der Waals surface area contributed by atoms with E-state index in [0.29, 0.717) is 11.3 Å². The highest BCUT2D eigenvalue weighted by Crippen LogP contribution is 2.13. The number of carbonyl (C=O) groups excluding carboxylic acids is 1. The Morgan fingerprint density at radius 2 is 2.17 bits per heavy atom. The SMILES string of the molecule is C=CCN1CCN(C(=O)C(=C)c2c[nH]cn2)CC1. The van der Waals surface area contributed by atoms with Gasteiger partial charge in [-0.3, -0.25) is 9.69 Å². The van der Waals surface area contributed by atoms with Crippen molar-refractivity contribution in [3.05, 3.63) is 37.5 Å². The molecule has 0 unspecified atom stereocenters. The number of H-pyrrole nitrogens is 1. The van der Waals surface area contributed by atoms with Crippen molar-refractivity contribution in [2.75, 3.05) is 32.7 Å². The van der Waals surface area contributed by atoms with Crippen molar-refractivity contribution in [3.8, 4) is 0 Å². The van der Waals surface area contributed by atoms with E-state index in [1.807, 2.05) is 11.0 Å². The quantitative estimate of drug-likeness (QED) is 0.630. The first kappa shape index (κ1) is 12.6. The first-order valence-corrected chi connectivity index (χ1v) is 6.03. The molecular formula is C13H18N4O. The highest BCUT2D eigenvalue weighted by Gasteiger charge is 2.23. The number of aromatic amines is 1. The molecule has 1 aliphatic rings. The Hall–Kier alpha value is -1.88. The molecule has 1 fully saturated rings. The molecule has 0 spiro atoms. The predicted molar refractivity (Wildman–Crippen MR) is 70.8 cm³/mol. The van der Waals surface area contributed by atoms with Crippen LogP contribution in [0.1, 0.15) is 5.69 Å². The van der Waals surface area contributed by atoms with E-state index in [1.165, 1.54) is 0 Å². The Kier molecular flexibility index (Phi) is 3.94. The van der Waals surface area contributed by atoms with E-state index < -0.39 is 0 Å². The monoisotopic (exact) mass is 246 g/mol. The zero-order valence-corrected chi connectivity index (χ0v) is 10.4. The smallest absolute Gasteiger partial charge is 0.255 e. The Morgan fingerprint density at radius 1 is 1.44 bits per heavy atom. The number of carbonyl (C=O) groups is 1. The molecule has 1 saturated heterocycles. The van der Waals surface area contributed by atoms with Crippen LogP contribution in [0.15, 0.2) is 31.8 Å². The van der Waals surface area contributed by atoms with Crippen molar-refractivity contribution in [1.82, 2.24) is 19.8 Å². The van der Waals surface area contributed by atoms with Gasteiger partial charge in [-0.1, -0.05) is 12.7 Å². The molecule has 1 aromatic heterocycles. The van der Waals surface area contributed by atoms with Crippen LogP contribution in [0, 0.1) is 0 Å². The lowest BCUT2D eigenvalue weighted by atomic mass is 10.2. The number of imidazole rings is 1. The van der Waals surface area contributed by atoms with Gasteiger partial charge in [0.25, 0.3) is 5.91 Å². The predicted octanol–water partition coefficient (Wildman–Crippen LogP) is 0.753. The van der Waals surface area contributed by atoms with Crippen LogP contribution < -0.4 is 0 Å². The fourth-order valence-corrected chi connectivity index (χ4v) is 2.04. The van der Waals surface area contributed by atoms with Gasteiger partial charge in [-0.15, -0.1) is 6.58 Å². The average molecular weight is 246 g/mol. The van der Waals surface area contributed by atoms with Crippen LogP contribution in [0.2, 0.25) is 0 Å². The second-order valence-corrected chi connectivity index (χ2v) is 4.31. The van der Waals surface area contributed by atoms with Crippen LogP contribution in [0.4, 0.5) is 0 Å². The summed E-state index contributed by atoms with van der Waals surface area (Å²) in [5, 5.41) is 0. The molecule has 5 nitrogen and oxygen atoms in total. The van der Waals surface area contributed by atoms with Gasteiger partial charge in [0.1, 0.15) is 0 Å². The summed E-state index contributed by atoms with van der Waals surface area (Å²) in [4.78, 5) is 23.2. The van der Waals surface area contributed by atoms with Crippen LogP contribution in [0.25, 0.3) is 5.57 Å². The summed E-state index contributed by atoms with van der Waals surface area (Å²) in [7, 11) is 0.